The van der Waals surface area contributed by atoms with Gasteiger partial charge in [-0.15, -0.1) is 0 Å². The molecule has 0 aliphatic rings. The maximum absolute atomic E-state index is 6.53. The quantitative estimate of drug-likeness (QED) is 0.233. The van der Waals surface area contributed by atoms with Crippen molar-refractivity contribution in [3.05, 3.63) is 96.7 Å². The van der Waals surface area contributed by atoms with Gasteiger partial charge in [0.05, 0.1) is 19.2 Å². The van der Waals surface area contributed by atoms with Crippen LogP contribution in [0.1, 0.15) is 25.3 Å². The Bertz CT molecular complexity index is 1740. The van der Waals surface area contributed by atoms with Gasteiger partial charge in [-0.25, -0.2) is 0 Å². The number of benzene rings is 4. The van der Waals surface area contributed by atoms with Gasteiger partial charge in [-0.1, -0.05) is 105 Å². The minimum Gasteiger partial charge on any atom is -0.455 e. The second-order valence-electron chi connectivity index (χ2n) is 11.1. The van der Waals surface area contributed by atoms with Crippen molar-refractivity contribution < 1.29 is 4.42 Å². The first-order chi connectivity index (χ1) is 17.3. The molecule has 4 aromatic carbocycles. The summed E-state index contributed by atoms with van der Waals surface area (Å²) < 4.78 is 6.53. The summed E-state index contributed by atoms with van der Waals surface area (Å²) in [5.41, 5.74) is 7.56. The van der Waals surface area contributed by atoms with E-state index in [2.05, 4.69) is 112 Å². The first-order valence-electron chi connectivity index (χ1n) is 12.8. The molecular weight excluding hydrogens is 454 g/mol. The summed E-state index contributed by atoms with van der Waals surface area (Å²) in [7, 11) is -1.35. The molecule has 6 aromatic rings. The van der Waals surface area contributed by atoms with Crippen LogP contribution in [-0.4, -0.2) is 13.1 Å². The van der Waals surface area contributed by atoms with Crippen LogP contribution in [0.4, 0.5) is 0 Å². The van der Waals surface area contributed by atoms with Gasteiger partial charge in [0.15, 0.2) is 0 Å². The highest BCUT2D eigenvalue weighted by Crippen LogP contribution is 2.41. The lowest BCUT2D eigenvalue weighted by molar-refractivity contribution is 0.669. The molecule has 178 valence electrons. The molecule has 0 spiro atoms. The third kappa shape index (κ3) is 3.75. The predicted molar refractivity (Wildman–Crippen MR) is 157 cm³/mol. The Balaban J connectivity index is 1.58. The van der Waals surface area contributed by atoms with E-state index >= 15 is 0 Å². The van der Waals surface area contributed by atoms with Crippen LogP contribution in [0.3, 0.4) is 0 Å². The molecule has 2 heterocycles. The Kier molecular flexibility index (Phi) is 5.35. The van der Waals surface area contributed by atoms with Gasteiger partial charge < -0.3 is 4.42 Å². The van der Waals surface area contributed by atoms with Gasteiger partial charge in [-0.3, -0.25) is 4.98 Å². The van der Waals surface area contributed by atoms with Crippen LogP contribution < -0.4 is 5.19 Å². The largest absolute Gasteiger partial charge is 0.455 e. The summed E-state index contributed by atoms with van der Waals surface area (Å²) in [6.07, 6.45) is 1.87. The van der Waals surface area contributed by atoms with E-state index in [9.17, 15) is 0 Å². The van der Waals surface area contributed by atoms with E-state index in [0.29, 0.717) is 5.92 Å². The lowest BCUT2D eigenvalue weighted by Crippen LogP contribution is -2.37. The number of hydrogen-bond donors (Lipinski definition) is 0. The Morgan fingerprint density at radius 3 is 2.25 bits per heavy atom. The molecule has 0 fully saturated rings. The summed E-state index contributed by atoms with van der Waals surface area (Å²) >= 11 is 0. The molecule has 0 atom stereocenters. The maximum atomic E-state index is 6.53. The molecule has 0 unspecified atom stereocenters. The summed E-state index contributed by atoms with van der Waals surface area (Å²) in [5.74, 6) is 0.417. The molecular formula is C33H31NOSi. The molecule has 0 amide bonds. The Hall–Kier alpha value is -3.69. The monoisotopic (exact) mass is 485 g/mol. The fourth-order valence-corrected chi connectivity index (χ4v) is 6.46. The van der Waals surface area contributed by atoms with Crippen molar-refractivity contribution in [2.75, 3.05) is 0 Å². The van der Waals surface area contributed by atoms with Gasteiger partial charge in [0.1, 0.15) is 11.2 Å². The van der Waals surface area contributed by atoms with E-state index in [0.717, 1.165) is 38.8 Å². The molecule has 0 bridgehead atoms. The summed E-state index contributed by atoms with van der Waals surface area (Å²) in [6.45, 7) is 11.7. The third-order valence-electron chi connectivity index (χ3n) is 7.26. The summed E-state index contributed by atoms with van der Waals surface area (Å²) in [4.78, 5) is 4.89. The first kappa shape index (κ1) is 22.8. The van der Waals surface area contributed by atoms with Gasteiger partial charge in [0.2, 0.25) is 0 Å². The highest BCUT2D eigenvalue weighted by Gasteiger charge is 2.19. The average Bonchev–Trinajstić information content (AvgIpc) is 3.26. The van der Waals surface area contributed by atoms with E-state index < -0.39 is 8.07 Å². The van der Waals surface area contributed by atoms with Crippen LogP contribution in [0.5, 0.6) is 0 Å². The zero-order valence-electron chi connectivity index (χ0n) is 21.6. The third-order valence-corrected chi connectivity index (χ3v) is 9.33. The van der Waals surface area contributed by atoms with E-state index in [-0.39, 0.29) is 0 Å². The zero-order chi connectivity index (χ0) is 25.0. The highest BCUT2D eigenvalue weighted by atomic mass is 28.3. The normalized spacial score (nSPS) is 12.3. The number of nitrogens with zero attached hydrogens (tertiary/aromatic N) is 1. The van der Waals surface area contributed by atoms with E-state index in [1.54, 1.807) is 0 Å². The Labute approximate surface area is 213 Å². The zero-order valence-corrected chi connectivity index (χ0v) is 22.6. The van der Waals surface area contributed by atoms with Crippen LogP contribution >= 0.6 is 0 Å². The topological polar surface area (TPSA) is 26.0 Å². The van der Waals surface area contributed by atoms with Gasteiger partial charge in [0.25, 0.3) is 0 Å². The van der Waals surface area contributed by atoms with Crippen LogP contribution in [0.15, 0.2) is 95.5 Å². The molecule has 2 aromatic heterocycles. The van der Waals surface area contributed by atoms with Crippen LogP contribution in [0.2, 0.25) is 19.6 Å². The lowest BCUT2D eigenvalue weighted by Gasteiger charge is -2.16. The first-order valence-corrected chi connectivity index (χ1v) is 16.3. The van der Waals surface area contributed by atoms with E-state index in [4.69, 9.17) is 9.40 Å². The minimum absolute atomic E-state index is 0.417. The average molecular weight is 486 g/mol. The van der Waals surface area contributed by atoms with Crippen molar-refractivity contribution in [2.24, 2.45) is 0 Å². The number of furan rings is 1. The van der Waals surface area contributed by atoms with Crippen molar-refractivity contribution in [3.63, 3.8) is 0 Å². The van der Waals surface area contributed by atoms with Gasteiger partial charge in [-0.05, 0) is 46.0 Å². The minimum atomic E-state index is -1.35. The van der Waals surface area contributed by atoms with Crippen LogP contribution in [0, 0.1) is 0 Å². The summed E-state index contributed by atoms with van der Waals surface area (Å²) in [5, 5.41) is 6.21. The molecule has 0 saturated heterocycles. The number of rotatable bonds is 4. The second kappa shape index (κ2) is 8.46. The fourth-order valence-electron chi connectivity index (χ4n) is 5.29. The van der Waals surface area contributed by atoms with E-state index in [1.165, 1.54) is 27.1 Å². The smallest absolute Gasteiger partial charge is 0.143 e. The lowest BCUT2D eigenvalue weighted by atomic mass is 9.91. The van der Waals surface area contributed by atoms with Gasteiger partial charge in [0, 0.05) is 22.7 Å². The fraction of sp³-hybridized carbons (Fsp3) is 0.182. The van der Waals surface area contributed by atoms with Crippen LogP contribution in [-0.2, 0) is 0 Å². The highest BCUT2D eigenvalue weighted by molar-refractivity contribution is 6.88. The van der Waals surface area contributed by atoms with Crippen molar-refractivity contribution >= 4 is 46.0 Å². The predicted octanol–water partition coefficient (Wildman–Crippen LogP) is 9.14. The number of aromatic nitrogens is 1. The van der Waals surface area contributed by atoms with Crippen molar-refractivity contribution in [3.8, 4) is 22.4 Å². The second-order valence-corrected chi connectivity index (χ2v) is 16.2. The molecule has 0 radical (unpaired) electrons. The molecule has 6 rings (SSSR count). The number of pyridine rings is 1. The Morgan fingerprint density at radius 1 is 0.750 bits per heavy atom. The number of fused-ring (bicyclic) bond motifs is 4. The maximum Gasteiger partial charge on any atom is 0.143 e. The number of para-hydroxylation sites is 1. The number of hydrogen-bond acceptors (Lipinski definition) is 2. The molecule has 3 heteroatoms. The Morgan fingerprint density at radius 2 is 1.50 bits per heavy atom. The van der Waals surface area contributed by atoms with Gasteiger partial charge in [-0.2, -0.15) is 0 Å². The van der Waals surface area contributed by atoms with Crippen molar-refractivity contribution in [1.82, 2.24) is 4.98 Å². The van der Waals surface area contributed by atoms with Crippen molar-refractivity contribution in [2.45, 2.75) is 39.4 Å². The SMILES string of the molecule is CC(C)c1cc(-c2nccc3oc4c(-c5ccc([Si](C)(C)C)cc5)cccc4c23)cc2ccccc12. The molecule has 2 nitrogen and oxygen atoms in total. The molecule has 0 N–H and O–H groups in total. The van der Waals surface area contributed by atoms with Crippen molar-refractivity contribution in [1.29, 1.82) is 0 Å². The van der Waals surface area contributed by atoms with Gasteiger partial charge >= 0.3 is 0 Å². The summed E-state index contributed by atoms with van der Waals surface area (Å²) in [6, 6.07) is 30.7. The van der Waals surface area contributed by atoms with E-state index in [1.807, 2.05) is 12.3 Å². The van der Waals surface area contributed by atoms with Crippen LogP contribution in [0.25, 0.3) is 55.1 Å². The molecule has 0 aliphatic heterocycles. The molecule has 0 aliphatic carbocycles. The molecule has 0 saturated carbocycles. The molecule has 36 heavy (non-hydrogen) atoms. The standard InChI is InChI=1S/C33H31NOSi/c1-21(2)29-20-24(19-23-9-6-7-10-26(23)29)32-31-28-12-8-11-27(33(28)35-30(31)17-18-34-32)22-13-15-25(16-14-22)36(3,4)5/h6-21H,1-5H3.